The van der Waals surface area contributed by atoms with Gasteiger partial charge < -0.3 is 15.8 Å². The summed E-state index contributed by atoms with van der Waals surface area (Å²) in [6.07, 6.45) is 0.788. The number of benzene rings is 1. The lowest BCUT2D eigenvalue weighted by atomic mass is 9.79. The topological polar surface area (TPSA) is 64.3 Å². The molecule has 1 aliphatic rings. The molecule has 3 N–H and O–H groups in total. The van der Waals surface area contributed by atoms with Crippen LogP contribution in [0.25, 0.3) is 0 Å². The maximum absolute atomic E-state index is 11.6. The van der Waals surface area contributed by atoms with Crippen molar-refractivity contribution in [3.05, 3.63) is 29.8 Å². The second kappa shape index (κ2) is 4.61. The first kappa shape index (κ1) is 12.9. The zero-order valence-electron chi connectivity index (χ0n) is 11.1. The van der Waals surface area contributed by atoms with Crippen molar-refractivity contribution in [2.24, 2.45) is 11.1 Å². The first-order valence-corrected chi connectivity index (χ1v) is 6.14. The fraction of sp³-hybridized carbons (Fsp3) is 0.500. The molecule has 1 heterocycles. The van der Waals surface area contributed by atoms with Gasteiger partial charge in [-0.3, -0.25) is 4.79 Å². The van der Waals surface area contributed by atoms with Gasteiger partial charge in [-0.2, -0.15) is 0 Å². The van der Waals surface area contributed by atoms with Crippen LogP contribution in [0.4, 0.5) is 0 Å². The van der Waals surface area contributed by atoms with Crippen molar-refractivity contribution in [2.45, 2.75) is 32.4 Å². The number of rotatable bonds is 3. The summed E-state index contributed by atoms with van der Waals surface area (Å²) in [6.45, 7) is 4.06. The van der Waals surface area contributed by atoms with E-state index in [4.69, 9.17) is 10.5 Å². The van der Waals surface area contributed by atoms with Gasteiger partial charge in [0.05, 0.1) is 13.2 Å². The highest BCUT2D eigenvalue weighted by molar-refractivity contribution is 5.85. The van der Waals surface area contributed by atoms with Crippen molar-refractivity contribution < 1.29 is 9.53 Å². The van der Waals surface area contributed by atoms with Crippen LogP contribution in [0.2, 0.25) is 0 Å². The van der Waals surface area contributed by atoms with Crippen LogP contribution in [0.5, 0.6) is 5.75 Å². The van der Waals surface area contributed by atoms with Gasteiger partial charge >= 0.3 is 0 Å². The lowest BCUT2D eigenvalue weighted by molar-refractivity contribution is -0.120. The van der Waals surface area contributed by atoms with Crippen LogP contribution in [-0.2, 0) is 11.2 Å². The Hall–Kier alpha value is -1.55. The molecule has 1 saturated heterocycles. The summed E-state index contributed by atoms with van der Waals surface area (Å²) >= 11 is 0. The van der Waals surface area contributed by atoms with Gasteiger partial charge in [-0.15, -0.1) is 0 Å². The SMILES string of the molecule is COc1ccc(CC2NC(=O)C(N)C2(C)C)cc1. The molecular weight excluding hydrogens is 228 g/mol. The highest BCUT2D eigenvalue weighted by Gasteiger charge is 2.46. The van der Waals surface area contributed by atoms with Gasteiger partial charge in [0.15, 0.2) is 0 Å². The predicted octanol–water partition coefficient (Wildman–Crippen LogP) is 1.09. The summed E-state index contributed by atoms with van der Waals surface area (Å²) in [5, 5.41) is 2.98. The third-order valence-electron chi connectivity index (χ3n) is 3.90. The van der Waals surface area contributed by atoms with Crippen LogP contribution in [0.3, 0.4) is 0 Å². The molecule has 0 aromatic heterocycles. The van der Waals surface area contributed by atoms with Crippen molar-refractivity contribution in [2.75, 3.05) is 7.11 Å². The van der Waals surface area contributed by atoms with E-state index in [2.05, 4.69) is 5.32 Å². The van der Waals surface area contributed by atoms with Crippen LogP contribution in [0.15, 0.2) is 24.3 Å². The molecule has 0 radical (unpaired) electrons. The minimum absolute atomic E-state index is 0.0569. The maximum Gasteiger partial charge on any atom is 0.237 e. The molecule has 1 amide bonds. The number of hydrogen-bond donors (Lipinski definition) is 2. The second-order valence-corrected chi connectivity index (χ2v) is 5.41. The third-order valence-corrected chi connectivity index (χ3v) is 3.90. The molecule has 4 heteroatoms. The highest BCUT2D eigenvalue weighted by atomic mass is 16.5. The van der Waals surface area contributed by atoms with Crippen molar-refractivity contribution in [3.8, 4) is 5.75 Å². The molecule has 0 aliphatic carbocycles. The molecule has 2 rings (SSSR count). The first-order chi connectivity index (χ1) is 8.45. The average molecular weight is 248 g/mol. The molecule has 2 atom stereocenters. The Morgan fingerprint density at radius 2 is 1.94 bits per heavy atom. The van der Waals surface area contributed by atoms with Crippen LogP contribution < -0.4 is 15.8 Å². The Morgan fingerprint density at radius 3 is 2.39 bits per heavy atom. The number of methoxy groups -OCH3 is 1. The number of carbonyl (C=O) groups excluding carboxylic acids is 1. The van der Waals surface area contributed by atoms with Crippen LogP contribution in [-0.4, -0.2) is 25.1 Å². The first-order valence-electron chi connectivity index (χ1n) is 6.14. The fourth-order valence-electron chi connectivity index (χ4n) is 2.31. The predicted molar refractivity (Wildman–Crippen MR) is 70.4 cm³/mol. The summed E-state index contributed by atoms with van der Waals surface area (Å²) in [5.74, 6) is 0.781. The molecule has 2 unspecified atom stereocenters. The van der Waals surface area contributed by atoms with Gasteiger partial charge in [0.2, 0.25) is 5.91 Å². The summed E-state index contributed by atoms with van der Waals surface area (Å²) in [5.41, 5.74) is 6.86. The standard InChI is InChI=1S/C14H20N2O2/c1-14(2)11(16-13(17)12(14)15)8-9-4-6-10(18-3)7-5-9/h4-7,11-12H,8,15H2,1-3H3,(H,16,17). The molecule has 1 aliphatic heterocycles. The van der Waals surface area contributed by atoms with E-state index in [1.165, 1.54) is 5.56 Å². The van der Waals surface area contributed by atoms with Gasteiger partial charge in [-0.25, -0.2) is 0 Å². The quantitative estimate of drug-likeness (QED) is 0.841. The Kier molecular flexibility index (Phi) is 3.30. The van der Waals surface area contributed by atoms with Crippen LogP contribution in [0.1, 0.15) is 19.4 Å². The summed E-state index contributed by atoms with van der Waals surface area (Å²) in [6, 6.07) is 7.54. The molecule has 18 heavy (non-hydrogen) atoms. The number of ether oxygens (including phenoxy) is 1. The molecule has 0 saturated carbocycles. The van der Waals surface area contributed by atoms with E-state index < -0.39 is 6.04 Å². The number of hydrogen-bond acceptors (Lipinski definition) is 3. The van der Waals surface area contributed by atoms with Gasteiger partial charge in [0, 0.05) is 11.5 Å². The minimum atomic E-state index is -0.430. The lowest BCUT2D eigenvalue weighted by Gasteiger charge is -2.28. The molecule has 98 valence electrons. The second-order valence-electron chi connectivity index (χ2n) is 5.41. The highest BCUT2D eigenvalue weighted by Crippen LogP contribution is 2.32. The molecule has 0 spiro atoms. The zero-order valence-corrected chi connectivity index (χ0v) is 11.1. The number of nitrogens with one attached hydrogen (secondary N) is 1. The fourth-order valence-corrected chi connectivity index (χ4v) is 2.31. The number of amides is 1. The van der Waals surface area contributed by atoms with E-state index in [9.17, 15) is 4.79 Å². The lowest BCUT2D eigenvalue weighted by Crippen LogP contribution is -2.42. The zero-order chi connectivity index (χ0) is 13.3. The number of carbonyl (C=O) groups is 1. The number of nitrogens with two attached hydrogens (primary N) is 1. The van der Waals surface area contributed by atoms with E-state index in [-0.39, 0.29) is 17.4 Å². The summed E-state index contributed by atoms with van der Waals surface area (Å²) in [4.78, 5) is 11.6. The Labute approximate surface area is 108 Å². The van der Waals surface area contributed by atoms with Gasteiger partial charge in [-0.1, -0.05) is 26.0 Å². The van der Waals surface area contributed by atoms with E-state index in [1.807, 2.05) is 38.1 Å². The van der Waals surface area contributed by atoms with E-state index in [0.717, 1.165) is 12.2 Å². The third kappa shape index (κ3) is 2.20. The molecule has 1 aromatic carbocycles. The van der Waals surface area contributed by atoms with Gasteiger partial charge in [0.25, 0.3) is 0 Å². The van der Waals surface area contributed by atoms with E-state index in [1.54, 1.807) is 7.11 Å². The summed E-state index contributed by atoms with van der Waals surface area (Å²) < 4.78 is 5.12. The minimum Gasteiger partial charge on any atom is -0.497 e. The largest absolute Gasteiger partial charge is 0.497 e. The summed E-state index contributed by atoms with van der Waals surface area (Å²) in [7, 11) is 1.65. The van der Waals surface area contributed by atoms with Gasteiger partial charge in [-0.05, 0) is 24.1 Å². The van der Waals surface area contributed by atoms with Crippen LogP contribution in [0, 0.1) is 5.41 Å². The molecule has 0 bridgehead atoms. The van der Waals surface area contributed by atoms with E-state index in [0.29, 0.717) is 0 Å². The van der Waals surface area contributed by atoms with Gasteiger partial charge in [0.1, 0.15) is 5.75 Å². The molecule has 1 fully saturated rings. The average Bonchev–Trinajstić information content (AvgIpc) is 2.54. The molecular formula is C14H20N2O2. The Bertz CT molecular complexity index is 440. The van der Waals surface area contributed by atoms with Crippen LogP contribution >= 0.6 is 0 Å². The molecule has 4 nitrogen and oxygen atoms in total. The Balaban J connectivity index is 2.11. The monoisotopic (exact) mass is 248 g/mol. The van der Waals surface area contributed by atoms with Crippen molar-refractivity contribution in [1.29, 1.82) is 0 Å². The normalized spacial score (nSPS) is 25.9. The smallest absolute Gasteiger partial charge is 0.237 e. The van der Waals surface area contributed by atoms with Crippen molar-refractivity contribution in [3.63, 3.8) is 0 Å². The maximum atomic E-state index is 11.6. The van der Waals surface area contributed by atoms with Crippen molar-refractivity contribution in [1.82, 2.24) is 5.32 Å². The Morgan fingerprint density at radius 1 is 1.33 bits per heavy atom. The van der Waals surface area contributed by atoms with Crippen molar-refractivity contribution >= 4 is 5.91 Å². The molecule has 1 aromatic rings. The van der Waals surface area contributed by atoms with E-state index >= 15 is 0 Å².